The van der Waals surface area contributed by atoms with E-state index >= 15 is 0 Å². The molecule has 68 valence electrons. The van der Waals surface area contributed by atoms with Crippen LogP contribution in [0.25, 0.3) is 0 Å². The Labute approximate surface area is 91.8 Å². The van der Waals surface area contributed by atoms with E-state index in [4.69, 9.17) is 10.8 Å². The van der Waals surface area contributed by atoms with Crippen LogP contribution in [-0.2, 0) is 38.9 Å². The Hall–Kier alpha value is 0.819. The number of hydrogen-bond donors (Lipinski definition) is 2. The SMILES string of the molecule is CSCCC(N)C(=O)O.[Mn].[Mn]. The molecule has 0 bridgehead atoms. The number of nitrogens with two attached hydrogens (primary N) is 1. The molecule has 0 rings (SSSR count). The van der Waals surface area contributed by atoms with Crippen LogP contribution in [-0.4, -0.2) is 29.1 Å². The van der Waals surface area contributed by atoms with Crippen LogP contribution in [0.3, 0.4) is 0 Å². The fourth-order valence-electron chi connectivity index (χ4n) is 0.368. The second-order valence-corrected chi connectivity index (χ2v) is 2.71. The van der Waals surface area contributed by atoms with E-state index in [0.29, 0.717) is 6.42 Å². The molecular weight excluding hydrogens is 248 g/mol. The molecule has 11 heavy (non-hydrogen) atoms. The van der Waals surface area contributed by atoms with Crippen LogP contribution in [0.4, 0.5) is 0 Å². The van der Waals surface area contributed by atoms with Gasteiger partial charge in [0.25, 0.3) is 0 Å². The summed E-state index contributed by atoms with van der Waals surface area (Å²) in [5.41, 5.74) is 5.19. The van der Waals surface area contributed by atoms with Gasteiger partial charge < -0.3 is 10.8 Å². The van der Waals surface area contributed by atoms with Crippen LogP contribution in [0.15, 0.2) is 0 Å². The number of carboxylic acids is 1. The largest absolute Gasteiger partial charge is 0.480 e. The van der Waals surface area contributed by atoms with E-state index in [1.807, 2.05) is 6.26 Å². The van der Waals surface area contributed by atoms with Crippen molar-refractivity contribution >= 4 is 17.7 Å². The molecule has 0 aliphatic heterocycles. The third-order valence-corrected chi connectivity index (χ3v) is 1.59. The van der Waals surface area contributed by atoms with Gasteiger partial charge in [0.2, 0.25) is 0 Å². The molecule has 1 atom stereocenters. The molecule has 3 N–H and O–H groups in total. The van der Waals surface area contributed by atoms with Gasteiger partial charge >= 0.3 is 5.97 Å². The monoisotopic (exact) mass is 259 g/mol. The smallest absolute Gasteiger partial charge is 0.320 e. The summed E-state index contributed by atoms with van der Waals surface area (Å²) in [6, 6.07) is -0.683. The van der Waals surface area contributed by atoms with Crippen LogP contribution in [0, 0.1) is 0 Å². The van der Waals surface area contributed by atoms with E-state index in [-0.39, 0.29) is 34.1 Å². The Kier molecular flexibility index (Phi) is 17.5. The zero-order valence-electron chi connectivity index (χ0n) is 6.09. The molecule has 0 aromatic carbocycles. The van der Waals surface area contributed by atoms with Gasteiger partial charge in [-0.15, -0.1) is 0 Å². The van der Waals surface area contributed by atoms with Crippen molar-refractivity contribution in [3.05, 3.63) is 0 Å². The van der Waals surface area contributed by atoms with Gasteiger partial charge in [0.05, 0.1) is 0 Å². The van der Waals surface area contributed by atoms with Crippen LogP contribution in [0.5, 0.6) is 0 Å². The molecule has 0 amide bonds. The molecule has 0 aliphatic rings. The normalized spacial score (nSPS) is 10.7. The standard InChI is InChI=1S/C5H11NO2S.2Mn/c1-9-3-2-4(6)5(7)8;;/h4H,2-3,6H2,1H3,(H,7,8);;. The maximum atomic E-state index is 10.1. The van der Waals surface area contributed by atoms with Gasteiger partial charge in [0, 0.05) is 34.1 Å². The average Bonchev–Trinajstić information content (AvgIpc) is 1.82. The average molecular weight is 259 g/mol. The summed E-state index contributed by atoms with van der Waals surface area (Å²) in [5.74, 6) is -0.1000. The predicted octanol–water partition coefficient (Wildman–Crippen LogP) is 0.146. The Morgan fingerprint density at radius 3 is 2.36 bits per heavy atom. The van der Waals surface area contributed by atoms with Crippen molar-refractivity contribution in [3.8, 4) is 0 Å². The number of rotatable bonds is 4. The summed E-state index contributed by atoms with van der Waals surface area (Å²) >= 11 is 1.60. The van der Waals surface area contributed by atoms with Crippen LogP contribution in [0.1, 0.15) is 6.42 Å². The Morgan fingerprint density at radius 2 is 2.09 bits per heavy atom. The minimum absolute atomic E-state index is 0. The van der Waals surface area contributed by atoms with Crippen molar-refractivity contribution in [2.24, 2.45) is 5.73 Å². The molecule has 0 heterocycles. The number of carbonyl (C=O) groups is 1. The molecule has 3 nitrogen and oxygen atoms in total. The topological polar surface area (TPSA) is 63.3 Å². The quantitative estimate of drug-likeness (QED) is 0.705. The molecule has 1 unspecified atom stereocenters. The van der Waals surface area contributed by atoms with Gasteiger partial charge in [-0.3, -0.25) is 4.79 Å². The third-order valence-electron chi connectivity index (χ3n) is 0.950. The molecule has 0 aromatic rings. The fourth-order valence-corrected chi connectivity index (χ4v) is 0.858. The molecule has 0 aliphatic carbocycles. The first kappa shape index (κ1) is 17.8. The molecule has 0 aromatic heterocycles. The van der Waals surface area contributed by atoms with Gasteiger partial charge in [-0.05, 0) is 18.4 Å². The Balaban J connectivity index is -0.000000320. The van der Waals surface area contributed by atoms with E-state index in [1.54, 1.807) is 11.8 Å². The van der Waals surface area contributed by atoms with E-state index < -0.39 is 12.0 Å². The summed E-state index contributed by atoms with van der Waals surface area (Å²) in [4.78, 5) is 10.1. The van der Waals surface area contributed by atoms with Crippen molar-refractivity contribution in [2.75, 3.05) is 12.0 Å². The fraction of sp³-hybridized carbons (Fsp3) is 0.800. The summed E-state index contributed by atoms with van der Waals surface area (Å²) in [6.07, 6.45) is 2.48. The molecule has 0 fully saturated rings. The Morgan fingerprint density at radius 1 is 1.64 bits per heavy atom. The van der Waals surface area contributed by atoms with E-state index in [0.717, 1.165) is 5.75 Å². The summed E-state index contributed by atoms with van der Waals surface area (Å²) in [7, 11) is 0. The molecule has 0 saturated carbocycles. The van der Waals surface area contributed by atoms with Crippen LogP contribution < -0.4 is 5.73 Å². The van der Waals surface area contributed by atoms with Gasteiger partial charge in [-0.1, -0.05) is 0 Å². The van der Waals surface area contributed by atoms with Gasteiger partial charge in [0.1, 0.15) is 6.04 Å². The van der Waals surface area contributed by atoms with Gasteiger partial charge in [0.15, 0.2) is 0 Å². The predicted molar refractivity (Wildman–Crippen MR) is 38.6 cm³/mol. The van der Waals surface area contributed by atoms with Gasteiger partial charge in [-0.25, -0.2) is 0 Å². The molecule has 0 saturated heterocycles. The first-order chi connectivity index (χ1) is 4.18. The molecule has 2 radical (unpaired) electrons. The maximum Gasteiger partial charge on any atom is 0.320 e. The number of carboxylic acid groups (broad SMARTS) is 1. The summed E-state index contributed by atoms with van der Waals surface area (Å²) in [6.45, 7) is 0. The maximum absolute atomic E-state index is 10.1. The van der Waals surface area contributed by atoms with E-state index in [9.17, 15) is 4.79 Å². The number of hydrogen-bond acceptors (Lipinski definition) is 3. The number of aliphatic carboxylic acids is 1. The van der Waals surface area contributed by atoms with Crippen molar-refractivity contribution < 1.29 is 44.0 Å². The van der Waals surface area contributed by atoms with Gasteiger partial charge in [-0.2, -0.15) is 11.8 Å². The second kappa shape index (κ2) is 10.8. The zero-order chi connectivity index (χ0) is 7.28. The minimum Gasteiger partial charge on any atom is -0.480 e. The van der Waals surface area contributed by atoms with Crippen molar-refractivity contribution in [1.82, 2.24) is 0 Å². The molecular formula is C5H11Mn2NO2S. The summed E-state index contributed by atoms with van der Waals surface area (Å²) in [5, 5.41) is 8.27. The molecule has 6 heteroatoms. The van der Waals surface area contributed by atoms with Crippen molar-refractivity contribution in [2.45, 2.75) is 12.5 Å². The van der Waals surface area contributed by atoms with Crippen molar-refractivity contribution in [3.63, 3.8) is 0 Å². The minimum atomic E-state index is -0.913. The number of thioether (sulfide) groups is 1. The molecule has 0 spiro atoms. The second-order valence-electron chi connectivity index (χ2n) is 1.73. The first-order valence-corrected chi connectivity index (χ1v) is 4.05. The zero-order valence-corrected chi connectivity index (χ0v) is 9.27. The van der Waals surface area contributed by atoms with E-state index in [1.165, 1.54) is 0 Å². The first-order valence-electron chi connectivity index (χ1n) is 2.65. The summed E-state index contributed by atoms with van der Waals surface area (Å²) < 4.78 is 0. The van der Waals surface area contributed by atoms with Crippen LogP contribution >= 0.6 is 11.8 Å². The third kappa shape index (κ3) is 10.8. The van der Waals surface area contributed by atoms with E-state index in [2.05, 4.69) is 0 Å². The Bertz CT molecular complexity index is 104. The van der Waals surface area contributed by atoms with Crippen LogP contribution in [0.2, 0.25) is 0 Å². The van der Waals surface area contributed by atoms with Crippen molar-refractivity contribution in [1.29, 1.82) is 0 Å².